The Hall–Kier alpha value is -0.940. The highest BCUT2D eigenvalue weighted by Gasteiger charge is 2.32. The van der Waals surface area contributed by atoms with Crippen LogP contribution in [0.4, 0.5) is 18.9 Å². The summed E-state index contributed by atoms with van der Waals surface area (Å²) in [7, 11) is 0. The highest BCUT2D eigenvalue weighted by atomic mass is 35.5. The average molecular weight is 307 g/mol. The lowest BCUT2D eigenvalue weighted by atomic mass is 10.1. The molecule has 1 aliphatic rings. The molecule has 1 aromatic carbocycles. The summed E-state index contributed by atoms with van der Waals surface area (Å²) in [5, 5.41) is 0. The molecule has 2 rings (SSSR count). The number of anilines is 1. The van der Waals surface area contributed by atoms with E-state index in [1.54, 1.807) is 0 Å². The Bertz CT molecular complexity index is 454. The number of rotatable bonds is 3. The summed E-state index contributed by atoms with van der Waals surface area (Å²) in [4.78, 5) is 3.60. The van der Waals surface area contributed by atoms with E-state index in [-0.39, 0.29) is 0 Å². The normalized spacial score (nSPS) is 17.6. The molecule has 0 atom stereocenters. The third kappa shape index (κ3) is 4.03. The van der Waals surface area contributed by atoms with Gasteiger partial charge in [-0.2, -0.15) is 13.2 Å². The molecule has 0 spiro atoms. The average Bonchev–Trinajstić information content (AvgIpc) is 2.38. The quantitative estimate of drug-likeness (QED) is 0.790. The summed E-state index contributed by atoms with van der Waals surface area (Å²) in [6.45, 7) is 3.32. The van der Waals surface area contributed by atoms with Gasteiger partial charge in [-0.25, -0.2) is 0 Å². The monoisotopic (exact) mass is 306 g/mol. The molecule has 1 aromatic rings. The maximum Gasteiger partial charge on any atom is 0.401 e. The van der Waals surface area contributed by atoms with E-state index in [2.05, 4.69) is 4.90 Å². The van der Waals surface area contributed by atoms with Crippen molar-refractivity contribution in [1.82, 2.24) is 4.90 Å². The number of hydrogen-bond donors (Lipinski definition) is 0. The third-order valence-electron chi connectivity index (χ3n) is 3.53. The number of nitrogens with zero attached hydrogens (tertiary/aromatic N) is 2. The van der Waals surface area contributed by atoms with Crippen LogP contribution < -0.4 is 4.90 Å². The van der Waals surface area contributed by atoms with Crippen molar-refractivity contribution in [2.75, 3.05) is 37.6 Å². The molecule has 0 aliphatic carbocycles. The van der Waals surface area contributed by atoms with Crippen LogP contribution in [-0.4, -0.2) is 43.8 Å². The van der Waals surface area contributed by atoms with Crippen LogP contribution in [0.2, 0.25) is 0 Å². The van der Waals surface area contributed by atoms with Gasteiger partial charge in [-0.05, 0) is 24.1 Å². The van der Waals surface area contributed by atoms with Gasteiger partial charge in [0.2, 0.25) is 0 Å². The zero-order valence-corrected chi connectivity index (χ0v) is 12.1. The summed E-state index contributed by atoms with van der Waals surface area (Å²) in [6, 6.07) is 6.01. The van der Waals surface area contributed by atoms with Gasteiger partial charge in [-0.15, -0.1) is 11.6 Å². The Kier molecular flexibility index (Phi) is 4.81. The molecule has 0 bridgehead atoms. The fourth-order valence-corrected chi connectivity index (χ4v) is 2.72. The number of alkyl halides is 4. The van der Waals surface area contributed by atoms with Gasteiger partial charge in [-0.3, -0.25) is 4.90 Å². The lowest BCUT2D eigenvalue weighted by molar-refractivity contribution is -0.146. The van der Waals surface area contributed by atoms with Crippen LogP contribution in [0.5, 0.6) is 0 Å². The molecule has 0 saturated carbocycles. The van der Waals surface area contributed by atoms with E-state index < -0.39 is 12.7 Å². The first-order valence-electron chi connectivity index (χ1n) is 6.58. The maximum absolute atomic E-state index is 12.3. The Labute approximate surface area is 122 Å². The van der Waals surface area contributed by atoms with E-state index in [1.165, 1.54) is 4.90 Å². The van der Waals surface area contributed by atoms with E-state index in [0.29, 0.717) is 32.1 Å². The molecule has 112 valence electrons. The van der Waals surface area contributed by atoms with Gasteiger partial charge in [0.1, 0.15) is 0 Å². The van der Waals surface area contributed by atoms with E-state index in [1.807, 2.05) is 25.1 Å². The Morgan fingerprint density at radius 1 is 1.15 bits per heavy atom. The molecule has 0 radical (unpaired) electrons. The van der Waals surface area contributed by atoms with Gasteiger partial charge < -0.3 is 4.90 Å². The van der Waals surface area contributed by atoms with Crippen molar-refractivity contribution in [3.8, 4) is 0 Å². The second-order valence-corrected chi connectivity index (χ2v) is 5.40. The SMILES string of the molecule is Cc1cc(CCl)ccc1N1CCN(CC(F)(F)F)CC1. The molecule has 0 amide bonds. The fraction of sp³-hybridized carbons (Fsp3) is 0.571. The molecule has 1 aliphatic heterocycles. The lowest BCUT2D eigenvalue weighted by Crippen LogP contribution is -2.49. The Balaban J connectivity index is 1.97. The molecule has 1 saturated heterocycles. The zero-order chi connectivity index (χ0) is 14.8. The smallest absolute Gasteiger partial charge is 0.369 e. The van der Waals surface area contributed by atoms with Gasteiger partial charge in [0.25, 0.3) is 0 Å². The van der Waals surface area contributed by atoms with Crippen LogP contribution in [0.25, 0.3) is 0 Å². The predicted octanol–water partition coefficient (Wildman–Crippen LogP) is 3.42. The minimum atomic E-state index is -4.11. The molecule has 1 fully saturated rings. The van der Waals surface area contributed by atoms with Crippen LogP contribution in [0.15, 0.2) is 18.2 Å². The molecule has 2 nitrogen and oxygen atoms in total. The zero-order valence-electron chi connectivity index (χ0n) is 11.4. The summed E-state index contributed by atoms with van der Waals surface area (Å²) < 4.78 is 37.0. The number of halogens is 4. The third-order valence-corrected chi connectivity index (χ3v) is 3.84. The topological polar surface area (TPSA) is 6.48 Å². The maximum atomic E-state index is 12.3. The van der Waals surface area contributed by atoms with Crippen molar-refractivity contribution in [3.63, 3.8) is 0 Å². The largest absolute Gasteiger partial charge is 0.401 e. The standard InChI is InChI=1S/C14H18ClF3N2/c1-11-8-12(9-15)2-3-13(11)20-6-4-19(5-7-20)10-14(16,17)18/h2-3,8H,4-7,9-10H2,1H3. The summed E-state index contributed by atoms with van der Waals surface area (Å²) in [5.41, 5.74) is 3.27. The molecule has 6 heteroatoms. The highest BCUT2D eigenvalue weighted by Crippen LogP contribution is 2.24. The van der Waals surface area contributed by atoms with Gasteiger partial charge >= 0.3 is 6.18 Å². The van der Waals surface area contributed by atoms with Crippen LogP contribution in [0.3, 0.4) is 0 Å². The molecule has 0 aromatic heterocycles. The number of hydrogen-bond acceptors (Lipinski definition) is 2. The molecule has 0 unspecified atom stereocenters. The minimum absolute atomic E-state index is 0.441. The minimum Gasteiger partial charge on any atom is -0.369 e. The van der Waals surface area contributed by atoms with E-state index in [0.717, 1.165) is 16.8 Å². The summed E-state index contributed by atoms with van der Waals surface area (Å²) in [6.07, 6.45) is -4.11. The Morgan fingerprint density at radius 2 is 1.80 bits per heavy atom. The van der Waals surface area contributed by atoms with E-state index in [4.69, 9.17) is 11.6 Å². The van der Waals surface area contributed by atoms with Crippen LogP contribution in [-0.2, 0) is 5.88 Å². The second kappa shape index (κ2) is 6.22. The molecule has 0 N–H and O–H groups in total. The van der Waals surface area contributed by atoms with E-state index >= 15 is 0 Å². The van der Waals surface area contributed by atoms with E-state index in [9.17, 15) is 13.2 Å². The first kappa shape index (κ1) is 15.4. The predicted molar refractivity (Wildman–Crippen MR) is 75.4 cm³/mol. The molecular weight excluding hydrogens is 289 g/mol. The summed E-state index contributed by atoms with van der Waals surface area (Å²) >= 11 is 5.79. The molecule has 1 heterocycles. The first-order chi connectivity index (χ1) is 9.39. The van der Waals surface area contributed by atoms with Gasteiger partial charge in [-0.1, -0.05) is 12.1 Å². The summed E-state index contributed by atoms with van der Waals surface area (Å²) in [5.74, 6) is 0.473. The van der Waals surface area contributed by atoms with Crippen LogP contribution >= 0.6 is 11.6 Å². The van der Waals surface area contributed by atoms with Gasteiger partial charge in [0.05, 0.1) is 6.54 Å². The molecular formula is C14H18ClF3N2. The number of piperazine rings is 1. The fourth-order valence-electron chi connectivity index (χ4n) is 2.56. The lowest BCUT2D eigenvalue weighted by Gasteiger charge is -2.37. The second-order valence-electron chi connectivity index (χ2n) is 5.13. The van der Waals surface area contributed by atoms with Gasteiger partial charge in [0.15, 0.2) is 0 Å². The van der Waals surface area contributed by atoms with Gasteiger partial charge in [0, 0.05) is 37.7 Å². The number of aryl methyl sites for hydroxylation is 1. The first-order valence-corrected chi connectivity index (χ1v) is 7.12. The van der Waals surface area contributed by atoms with Crippen molar-refractivity contribution < 1.29 is 13.2 Å². The molecule has 20 heavy (non-hydrogen) atoms. The van der Waals surface area contributed by atoms with Crippen LogP contribution in [0, 0.1) is 6.92 Å². The van der Waals surface area contributed by atoms with Crippen molar-refractivity contribution in [2.24, 2.45) is 0 Å². The van der Waals surface area contributed by atoms with Crippen molar-refractivity contribution in [3.05, 3.63) is 29.3 Å². The number of benzene rings is 1. The Morgan fingerprint density at radius 3 is 2.30 bits per heavy atom. The van der Waals surface area contributed by atoms with Crippen molar-refractivity contribution in [2.45, 2.75) is 19.0 Å². The highest BCUT2D eigenvalue weighted by molar-refractivity contribution is 6.17. The van der Waals surface area contributed by atoms with Crippen LogP contribution in [0.1, 0.15) is 11.1 Å². The van der Waals surface area contributed by atoms with Crippen molar-refractivity contribution >= 4 is 17.3 Å². The van der Waals surface area contributed by atoms with Crippen molar-refractivity contribution in [1.29, 1.82) is 0 Å².